The van der Waals surface area contributed by atoms with Crippen LogP contribution in [0.15, 0.2) is 43.0 Å². The molecule has 1 fully saturated rings. The molecule has 0 saturated carbocycles. The first-order valence-electron chi connectivity index (χ1n) is 8.57. The summed E-state index contributed by atoms with van der Waals surface area (Å²) < 4.78 is 12.4. The lowest BCUT2D eigenvalue weighted by Crippen LogP contribution is -2.26. The van der Waals surface area contributed by atoms with Gasteiger partial charge in [-0.25, -0.2) is 4.39 Å². The fraction of sp³-hybridized carbons (Fsp3) is 0.250. The summed E-state index contributed by atoms with van der Waals surface area (Å²) in [5, 5.41) is 9.67. The van der Waals surface area contributed by atoms with Crippen molar-refractivity contribution in [2.45, 2.75) is 19.5 Å². The Morgan fingerprint density at radius 3 is 2.67 bits per heavy atom. The number of carbonyl (C=O) groups is 1. The number of nitrogens with one attached hydrogen (secondary N) is 1. The molecule has 1 unspecified atom stereocenters. The predicted octanol–water partition coefficient (Wildman–Crippen LogP) is 2.81. The van der Waals surface area contributed by atoms with E-state index in [2.05, 4.69) is 11.6 Å². The number of halogens is 1. The third-order valence-corrected chi connectivity index (χ3v) is 4.16. The lowest BCUT2D eigenvalue weighted by Gasteiger charge is -2.10. The van der Waals surface area contributed by atoms with Gasteiger partial charge in [-0.3, -0.25) is 4.79 Å². The number of likely N-dealkylation sites (tertiary alicyclic amines) is 1. The van der Waals surface area contributed by atoms with Crippen molar-refractivity contribution >= 4 is 23.5 Å². The smallest absolute Gasteiger partial charge is 0.246 e. The fourth-order valence-electron chi connectivity index (χ4n) is 2.76. The van der Waals surface area contributed by atoms with Crippen LogP contribution in [-0.4, -0.2) is 40.2 Å². The molecular formula is C20H25FN4O2. The van der Waals surface area contributed by atoms with Crippen molar-refractivity contribution in [3.63, 3.8) is 0 Å². The van der Waals surface area contributed by atoms with Gasteiger partial charge in [0.05, 0.1) is 6.54 Å². The van der Waals surface area contributed by atoms with E-state index in [9.17, 15) is 14.3 Å². The van der Waals surface area contributed by atoms with Crippen LogP contribution < -0.4 is 11.5 Å². The molecule has 27 heavy (non-hydrogen) atoms. The Kier molecular flexibility index (Phi) is 6.65. The molecule has 1 aromatic carbocycles. The Bertz CT molecular complexity index is 844. The van der Waals surface area contributed by atoms with Crippen molar-refractivity contribution in [3.05, 3.63) is 59.8 Å². The van der Waals surface area contributed by atoms with Crippen LogP contribution in [0.25, 0.3) is 11.8 Å². The number of phenolic OH excluding ortho intramolecular Hbond substituents is 1. The molecule has 144 valence electrons. The Labute approximate surface area is 158 Å². The number of para-hydroxylation sites is 1. The molecule has 0 aliphatic carbocycles. The van der Waals surface area contributed by atoms with Crippen molar-refractivity contribution < 1.29 is 14.3 Å². The first-order valence-corrected chi connectivity index (χ1v) is 8.57. The van der Waals surface area contributed by atoms with Crippen LogP contribution in [0.1, 0.15) is 23.2 Å². The number of benzene rings is 1. The molecule has 6 N–H and O–H groups in total. The van der Waals surface area contributed by atoms with Gasteiger partial charge in [-0.1, -0.05) is 18.7 Å². The molecule has 6 nitrogen and oxygen atoms in total. The van der Waals surface area contributed by atoms with Gasteiger partial charge in [0, 0.05) is 29.1 Å². The van der Waals surface area contributed by atoms with Gasteiger partial charge in [0.15, 0.2) is 0 Å². The third-order valence-electron chi connectivity index (χ3n) is 4.16. The van der Waals surface area contributed by atoms with Crippen LogP contribution in [0.3, 0.4) is 0 Å². The highest BCUT2D eigenvalue weighted by molar-refractivity contribution is 5.87. The predicted molar refractivity (Wildman–Crippen MR) is 106 cm³/mol. The number of amides is 1. The number of aromatic nitrogens is 1. The third kappa shape index (κ3) is 5.37. The molecule has 1 saturated heterocycles. The van der Waals surface area contributed by atoms with E-state index in [1.165, 1.54) is 11.0 Å². The van der Waals surface area contributed by atoms with Crippen molar-refractivity contribution in [1.82, 2.24) is 9.88 Å². The van der Waals surface area contributed by atoms with Crippen molar-refractivity contribution in [2.75, 3.05) is 18.8 Å². The summed E-state index contributed by atoms with van der Waals surface area (Å²) >= 11 is 0. The molecule has 1 aromatic heterocycles. The largest absolute Gasteiger partial charge is 0.507 e. The number of phenols is 1. The number of rotatable bonds is 3. The van der Waals surface area contributed by atoms with E-state index in [1.54, 1.807) is 24.3 Å². The Morgan fingerprint density at radius 1 is 1.44 bits per heavy atom. The summed E-state index contributed by atoms with van der Waals surface area (Å²) in [4.78, 5) is 15.3. The molecule has 1 aliphatic rings. The standard InChI is InChI=1S/C13H15N3O.C7H10FNO/c1-8-6-9(13(15)16-8)7-11(14)10-4-2-3-5-12(10)17;1-2-7(10)9-4-3-6(8)5-9/h2-7,16-17H,14-15H2,1H3;2,6H,1,3-5H2/b11-7-;. The molecule has 1 aliphatic heterocycles. The normalized spacial score (nSPS) is 16.6. The highest BCUT2D eigenvalue weighted by Crippen LogP contribution is 2.24. The van der Waals surface area contributed by atoms with Gasteiger partial charge in [0.25, 0.3) is 0 Å². The number of nitrogens with zero attached hydrogens (tertiary/aromatic N) is 1. The van der Waals surface area contributed by atoms with Crippen LogP contribution in [0.5, 0.6) is 5.75 Å². The number of aromatic hydroxyl groups is 1. The van der Waals surface area contributed by atoms with Crippen molar-refractivity contribution in [1.29, 1.82) is 0 Å². The summed E-state index contributed by atoms with van der Waals surface area (Å²) in [6, 6.07) is 8.84. The van der Waals surface area contributed by atoms with Crippen LogP contribution in [-0.2, 0) is 4.79 Å². The van der Waals surface area contributed by atoms with Gasteiger partial charge in [-0.05, 0) is 43.7 Å². The number of nitrogens with two attached hydrogens (primary N) is 2. The average molecular weight is 372 g/mol. The quantitative estimate of drug-likeness (QED) is 0.621. The molecule has 1 amide bonds. The number of H-pyrrole nitrogens is 1. The lowest BCUT2D eigenvalue weighted by atomic mass is 10.1. The minimum atomic E-state index is -0.830. The number of carbonyl (C=O) groups excluding carboxylic acids is 1. The molecule has 2 heterocycles. The molecule has 0 bridgehead atoms. The fourth-order valence-corrected chi connectivity index (χ4v) is 2.76. The van der Waals surface area contributed by atoms with Gasteiger partial charge in [0.2, 0.25) is 5.91 Å². The van der Waals surface area contributed by atoms with Crippen LogP contribution in [0.2, 0.25) is 0 Å². The highest BCUT2D eigenvalue weighted by Gasteiger charge is 2.23. The minimum Gasteiger partial charge on any atom is -0.507 e. The topological polar surface area (TPSA) is 108 Å². The maximum atomic E-state index is 12.4. The van der Waals surface area contributed by atoms with E-state index in [0.29, 0.717) is 30.0 Å². The Hall–Kier alpha value is -3.22. The molecular weight excluding hydrogens is 347 g/mol. The number of aromatic amines is 1. The highest BCUT2D eigenvalue weighted by atomic mass is 19.1. The van der Waals surface area contributed by atoms with E-state index < -0.39 is 6.17 Å². The second-order valence-corrected chi connectivity index (χ2v) is 6.31. The zero-order valence-corrected chi connectivity index (χ0v) is 15.3. The summed E-state index contributed by atoms with van der Waals surface area (Å²) in [5.41, 5.74) is 14.6. The van der Waals surface area contributed by atoms with E-state index in [-0.39, 0.29) is 18.2 Å². The molecule has 2 aromatic rings. The first kappa shape index (κ1) is 20.1. The number of aryl methyl sites for hydroxylation is 1. The van der Waals surface area contributed by atoms with Crippen molar-refractivity contribution in [2.24, 2.45) is 5.73 Å². The zero-order valence-electron chi connectivity index (χ0n) is 15.3. The van der Waals surface area contributed by atoms with E-state index >= 15 is 0 Å². The number of alkyl halides is 1. The number of anilines is 1. The number of nitrogen functional groups attached to an aromatic ring is 1. The van der Waals surface area contributed by atoms with Gasteiger partial charge in [0.1, 0.15) is 17.7 Å². The maximum Gasteiger partial charge on any atom is 0.246 e. The van der Waals surface area contributed by atoms with Crippen molar-refractivity contribution in [3.8, 4) is 5.75 Å². The van der Waals surface area contributed by atoms with Crippen LogP contribution in [0, 0.1) is 6.92 Å². The first-order chi connectivity index (χ1) is 12.8. The van der Waals surface area contributed by atoms with E-state index in [1.807, 2.05) is 19.1 Å². The van der Waals surface area contributed by atoms with Gasteiger partial charge in [-0.15, -0.1) is 0 Å². The lowest BCUT2D eigenvalue weighted by molar-refractivity contribution is -0.125. The molecule has 3 rings (SSSR count). The summed E-state index contributed by atoms with van der Waals surface area (Å²) in [6.45, 7) is 6.01. The molecule has 0 spiro atoms. The van der Waals surface area contributed by atoms with Crippen LogP contribution in [0.4, 0.5) is 10.2 Å². The summed E-state index contributed by atoms with van der Waals surface area (Å²) in [7, 11) is 0. The van der Waals surface area contributed by atoms with Crippen LogP contribution >= 0.6 is 0 Å². The van der Waals surface area contributed by atoms with E-state index in [0.717, 1.165) is 11.3 Å². The van der Waals surface area contributed by atoms with Gasteiger partial charge < -0.3 is 26.5 Å². The molecule has 1 atom stereocenters. The average Bonchev–Trinajstić information content (AvgIpc) is 3.20. The van der Waals surface area contributed by atoms with Gasteiger partial charge >= 0.3 is 0 Å². The Morgan fingerprint density at radius 2 is 2.15 bits per heavy atom. The minimum absolute atomic E-state index is 0.159. The summed E-state index contributed by atoms with van der Waals surface area (Å²) in [6.07, 6.45) is 2.61. The molecule has 0 radical (unpaired) electrons. The Balaban J connectivity index is 0.000000223. The SMILES string of the molecule is C=CC(=O)N1CCC(F)C1.Cc1cc(/C=C(\N)c2ccccc2O)c(N)[nH]1. The van der Waals surface area contributed by atoms with Gasteiger partial charge in [-0.2, -0.15) is 0 Å². The second kappa shape index (κ2) is 8.93. The summed E-state index contributed by atoms with van der Waals surface area (Å²) in [5.74, 6) is 0.563. The maximum absolute atomic E-state index is 12.4. The zero-order chi connectivity index (χ0) is 20.0. The number of hydrogen-bond donors (Lipinski definition) is 4. The van der Waals surface area contributed by atoms with E-state index in [4.69, 9.17) is 11.5 Å². The molecule has 7 heteroatoms. The monoisotopic (exact) mass is 372 g/mol. The number of hydrogen-bond acceptors (Lipinski definition) is 4. The second-order valence-electron chi connectivity index (χ2n) is 6.31.